The molecule has 2 rings (SSSR count). The van der Waals surface area contributed by atoms with E-state index in [1.807, 2.05) is 0 Å². The molecule has 1 saturated carbocycles. The van der Waals surface area contributed by atoms with Crippen LogP contribution in [0.2, 0.25) is 0 Å². The lowest BCUT2D eigenvalue weighted by Crippen LogP contribution is -2.45. The Morgan fingerprint density at radius 2 is 2.17 bits per heavy atom. The number of nitrogens with two attached hydrogens (primary N) is 1. The van der Waals surface area contributed by atoms with Crippen molar-refractivity contribution >= 4 is 17.5 Å². The number of aromatic nitrogens is 1. The van der Waals surface area contributed by atoms with Crippen LogP contribution >= 0.6 is 0 Å². The highest BCUT2D eigenvalue weighted by Crippen LogP contribution is 2.18. The van der Waals surface area contributed by atoms with Gasteiger partial charge >= 0.3 is 0 Å². The molecule has 2 amide bonds. The van der Waals surface area contributed by atoms with Crippen LogP contribution in [0.5, 0.6) is 0 Å². The van der Waals surface area contributed by atoms with Crippen molar-refractivity contribution in [3.63, 3.8) is 0 Å². The molecule has 1 aromatic rings. The lowest BCUT2D eigenvalue weighted by molar-refractivity contribution is -0.122. The molecule has 1 unspecified atom stereocenters. The molecule has 18 heavy (non-hydrogen) atoms. The minimum atomic E-state index is -0.547. The van der Waals surface area contributed by atoms with E-state index < -0.39 is 6.04 Å². The molecule has 6 nitrogen and oxygen atoms in total. The summed E-state index contributed by atoms with van der Waals surface area (Å²) in [7, 11) is 1.74. The number of aryl methyl sites for hydroxylation is 1. The summed E-state index contributed by atoms with van der Waals surface area (Å²) in [4.78, 5) is 23.6. The largest absolute Gasteiger partial charge is 0.397 e. The third-order valence-electron chi connectivity index (χ3n) is 2.92. The number of hydrogen-bond acceptors (Lipinski definition) is 3. The first kappa shape index (κ1) is 12.5. The fraction of sp³-hybridized carbons (Fsp3) is 0.500. The van der Waals surface area contributed by atoms with Crippen LogP contribution in [0.25, 0.3) is 0 Å². The zero-order valence-corrected chi connectivity index (χ0v) is 10.6. The van der Waals surface area contributed by atoms with Crippen LogP contribution < -0.4 is 16.4 Å². The van der Waals surface area contributed by atoms with Crippen molar-refractivity contribution < 1.29 is 9.59 Å². The summed E-state index contributed by atoms with van der Waals surface area (Å²) in [6.45, 7) is 1.67. The highest BCUT2D eigenvalue weighted by atomic mass is 16.2. The van der Waals surface area contributed by atoms with Gasteiger partial charge in [-0.2, -0.15) is 0 Å². The molecule has 6 heteroatoms. The Morgan fingerprint density at radius 3 is 2.67 bits per heavy atom. The van der Waals surface area contributed by atoms with Gasteiger partial charge in [0.05, 0.1) is 5.69 Å². The van der Waals surface area contributed by atoms with E-state index in [1.165, 1.54) is 0 Å². The fourth-order valence-electron chi connectivity index (χ4n) is 1.71. The van der Waals surface area contributed by atoms with Crippen molar-refractivity contribution in [2.24, 2.45) is 7.05 Å². The molecule has 1 atom stereocenters. The van der Waals surface area contributed by atoms with Gasteiger partial charge in [0.15, 0.2) is 0 Å². The Bertz CT molecular complexity index is 476. The van der Waals surface area contributed by atoms with E-state index in [0.717, 1.165) is 12.8 Å². The van der Waals surface area contributed by atoms with Gasteiger partial charge in [0.2, 0.25) is 5.91 Å². The molecule has 0 radical (unpaired) electrons. The Kier molecular flexibility index (Phi) is 3.27. The third kappa shape index (κ3) is 2.82. The summed E-state index contributed by atoms with van der Waals surface area (Å²) in [6.07, 6.45) is 3.71. The second-order valence-corrected chi connectivity index (χ2v) is 4.75. The van der Waals surface area contributed by atoms with Crippen molar-refractivity contribution in [2.75, 3.05) is 5.73 Å². The van der Waals surface area contributed by atoms with Crippen molar-refractivity contribution in [2.45, 2.75) is 31.8 Å². The number of nitrogens with one attached hydrogen (secondary N) is 2. The summed E-state index contributed by atoms with van der Waals surface area (Å²) >= 11 is 0. The van der Waals surface area contributed by atoms with Crippen molar-refractivity contribution in [1.82, 2.24) is 15.2 Å². The van der Waals surface area contributed by atoms with Gasteiger partial charge in [-0.05, 0) is 25.8 Å². The van der Waals surface area contributed by atoms with Gasteiger partial charge in [-0.15, -0.1) is 0 Å². The van der Waals surface area contributed by atoms with E-state index in [9.17, 15) is 9.59 Å². The molecule has 0 bridgehead atoms. The van der Waals surface area contributed by atoms with Crippen LogP contribution in [0, 0.1) is 0 Å². The van der Waals surface area contributed by atoms with Crippen LogP contribution in [0.3, 0.4) is 0 Å². The lowest BCUT2D eigenvalue weighted by atomic mass is 10.3. The monoisotopic (exact) mass is 250 g/mol. The molecule has 0 saturated heterocycles. The number of nitrogens with zero attached hydrogens (tertiary/aromatic N) is 1. The van der Waals surface area contributed by atoms with E-state index in [4.69, 9.17) is 5.73 Å². The molecule has 4 N–H and O–H groups in total. The van der Waals surface area contributed by atoms with E-state index in [0.29, 0.717) is 17.4 Å². The number of hydrogen-bond donors (Lipinski definition) is 3. The van der Waals surface area contributed by atoms with Gasteiger partial charge in [-0.25, -0.2) is 0 Å². The molecule has 1 fully saturated rings. The molecule has 0 aliphatic heterocycles. The van der Waals surface area contributed by atoms with Crippen molar-refractivity contribution in [3.8, 4) is 0 Å². The van der Waals surface area contributed by atoms with E-state index >= 15 is 0 Å². The van der Waals surface area contributed by atoms with Gasteiger partial charge in [0.25, 0.3) is 5.91 Å². The first-order chi connectivity index (χ1) is 8.47. The summed E-state index contributed by atoms with van der Waals surface area (Å²) in [5, 5.41) is 5.50. The molecule has 1 heterocycles. The van der Waals surface area contributed by atoms with E-state index in [1.54, 1.807) is 30.8 Å². The SMILES string of the molecule is CC(NC(=O)c1cc(N)cn1C)C(=O)NC1CC1. The Labute approximate surface area is 106 Å². The van der Waals surface area contributed by atoms with Crippen LogP contribution in [0.1, 0.15) is 30.3 Å². The van der Waals surface area contributed by atoms with E-state index in [-0.39, 0.29) is 11.8 Å². The molecule has 98 valence electrons. The molecular formula is C12H18N4O2. The van der Waals surface area contributed by atoms with Gasteiger partial charge in [0.1, 0.15) is 11.7 Å². The predicted octanol–water partition coefficient (Wildman–Crippen LogP) is 0.00420. The summed E-state index contributed by atoms with van der Waals surface area (Å²) in [5.74, 6) is -0.444. The number of amides is 2. The number of rotatable bonds is 4. The van der Waals surface area contributed by atoms with E-state index in [2.05, 4.69) is 10.6 Å². The van der Waals surface area contributed by atoms with Gasteiger partial charge < -0.3 is 20.9 Å². The number of carbonyl (C=O) groups excluding carboxylic acids is 2. The molecule has 1 aliphatic rings. The standard InChI is InChI=1S/C12H18N4O2/c1-7(11(17)15-9-3-4-9)14-12(18)10-5-8(13)6-16(10)2/h5-7,9H,3-4,13H2,1-2H3,(H,14,18)(H,15,17). The predicted molar refractivity (Wildman–Crippen MR) is 67.9 cm³/mol. The third-order valence-corrected chi connectivity index (χ3v) is 2.92. The first-order valence-corrected chi connectivity index (χ1v) is 6.00. The van der Waals surface area contributed by atoms with Crippen LogP contribution in [0.4, 0.5) is 5.69 Å². The van der Waals surface area contributed by atoms with Crippen LogP contribution in [0.15, 0.2) is 12.3 Å². The Hall–Kier alpha value is -1.98. The highest BCUT2D eigenvalue weighted by Gasteiger charge is 2.26. The lowest BCUT2D eigenvalue weighted by Gasteiger charge is -2.13. The Morgan fingerprint density at radius 1 is 1.50 bits per heavy atom. The van der Waals surface area contributed by atoms with Crippen molar-refractivity contribution in [1.29, 1.82) is 0 Å². The molecule has 0 spiro atoms. The zero-order valence-electron chi connectivity index (χ0n) is 10.6. The molecule has 1 aliphatic carbocycles. The number of anilines is 1. The van der Waals surface area contributed by atoms with Gasteiger partial charge in [-0.3, -0.25) is 9.59 Å². The maximum atomic E-state index is 11.9. The fourth-order valence-corrected chi connectivity index (χ4v) is 1.71. The average molecular weight is 250 g/mol. The second-order valence-electron chi connectivity index (χ2n) is 4.75. The summed E-state index contributed by atoms with van der Waals surface area (Å²) in [6, 6.07) is 1.33. The Balaban J connectivity index is 1.93. The number of carbonyl (C=O) groups is 2. The summed E-state index contributed by atoms with van der Waals surface area (Å²) < 4.78 is 1.64. The number of nitrogen functional groups attached to an aromatic ring is 1. The van der Waals surface area contributed by atoms with Crippen molar-refractivity contribution in [3.05, 3.63) is 18.0 Å². The van der Waals surface area contributed by atoms with Crippen LogP contribution in [-0.4, -0.2) is 28.5 Å². The maximum absolute atomic E-state index is 11.9. The molecule has 1 aromatic heterocycles. The zero-order chi connectivity index (χ0) is 13.3. The topological polar surface area (TPSA) is 89.2 Å². The molecule has 0 aromatic carbocycles. The van der Waals surface area contributed by atoms with Crippen LogP contribution in [-0.2, 0) is 11.8 Å². The minimum absolute atomic E-state index is 0.145. The quantitative estimate of drug-likeness (QED) is 0.703. The maximum Gasteiger partial charge on any atom is 0.268 e. The smallest absolute Gasteiger partial charge is 0.268 e. The second kappa shape index (κ2) is 4.72. The molecular weight excluding hydrogens is 232 g/mol. The van der Waals surface area contributed by atoms with Gasteiger partial charge in [0, 0.05) is 19.3 Å². The van der Waals surface area contributed by atoms with Gasteiger partial charge in [-0.1, -0.05) is 0 Å². The minimum Gasteiger partial charge on any atom is -0.397 e. The highest BCUT2D eigenvalue weighted by molar-refractivity contribution is 5.97. The normalized spacial score (nSPS) is 16.1. The first-order valence-electron chi connectivity index (χ1n) is 6.00. The summed E-state index contributed by atoms with van der Waals surface area (Å²) in [5.41, 5.74) is 6.57. The average Bonchev–Trinajstić information content (AvgIpc) is 3.02.